The molecule has 8 heteroatoms. The Hall–Kier alpha value is -3.36. The number of carbonyl (C=O) groups is 2. The summed E-state index contributed by atoms with van der Waals surface area (Å²) in [6.07, 6.45) is 1.81. The Morgan fingerprint density at radius 3 is 2.63 bits per heavy atom. The van der Waals surface area contributed by atoms with Crippen LogP contribution in [0.3, 0.4) is 0 Å². The highest BCUT2D eigenvalue weighted by molar-refractivity contribution is 9.10. The van der Waals surface area contributed by atoms with E-state index >= 15 is 0 Å². The van der Waals surface area contributed by atoms with Crippen LogP contribution in [0.2, 0.25) is 0 Å². The number of likely N-dealkylation sites (N-methyl/N-ethyl adjacent to an activating group) is 1. The Bertz CT molecular complexity index is 1340. The number of hydrogen-bond acceptors (Lipinski definition) is 5. The van der Waals surface area contributed by atoms with E-state index in [1.807, 2.05) is 56.3 Å². The minimum absolute atomic E-state index is 0.143. The fourth-order valence-corrected chi connectivity index (χ4v) is 4.87. The molecule has 178 valence electrons. The number of rotatable bonds is 7. The Balaban J connectivity index is 1.62. The third kappa shape index (κ3) is 6.01. The van der Waals surface area contributed by atoms with E-state index < -0.39 is 5.97 Å². The molecule has 0 aromatic heterocycles. The van der Waals surface area contributed by atoms with Crippen LogP contribution in [0.1, 0.15) is 34.0 Å². The standard InChI is InChI=1S/C27H23BrN2O4S/c1-3-30-25(31)24(35-27(30)29-22-6-4-5-19(14-22)26(32)33)15-20-13-21(28)11-12-23(20)34-16-18-9-7-17(2)8-10-18/h4-15H,3,16H2,1-2H3,(H,32,33). The predicted octanol–water partition coefficient (Wildman–Crippen LogP) is 6.66. The second-order valence-electron chi connectivity index (χ2n) is 7.87. The van der Waals surface area contributed by atoms with Crippen LogP contribution in [-0.2, 0) is 11.4 Å². The highest BCUT2D eigenvalue weighted by Crippen LogP contribution is 2.36. The van der Waals surface area contributed by atoms with Crippen LogP contribution >= 0.6 is 27.7 Å². The highest BCUT2D eigenvalue weighted by Gasteiger charge is 2.32. The summed E-state index contributed by atoms with van der Waals surface area (Å²) in [4.78, 5) is 31.1. The normalized spacial score (nSPS) is 15.7. The first-order chi connectivity index (χ1) is 16.8. The number of aryl methyl sites for hydroxylation is 1. The van der Waals surface area contributed by atoms with Gasteiger partial charge in [0.1, 0.15) is 12.4 Å². The molecule has 1 N–H and O–H groups in total. The maximum Gasteiger partial charge on any atom is 0.335 e. The van der Waals surface area contributed by atoms with Crippen LogP contribution in [0.15, 0.2) is 81.1 Å². The van der Waals surface area contributed by atoms with Crippen molar-refractivity contribution in [3.63, 3.8) is 0 Å². The summed E-state index contributed by atoms with van der Waals surface area (Å²) in [5.41, 5.74) is 3.63. The van der Waals surface area contributed by atoms with E-state index in [4.69, 9.17) is 4.74 Å². The van der Waals surface area contributed by atoms with Gasteiger partial charge in [-0.15, -0.1) is 0 Å². The van der Waals surface area contributed by atoms with Crippen molar-refractivity contribution < 1.29 is 19.4 Å². The lowest BCUT2D eigenvalue weighted by atomic mass is 10.1. The second-order valence-corrected chi connectivity index (χ2v) is 9.79. The highest BCUT2D eigenvalue weighted by atomic mass is 79.9. The first-order valence-corrected chi connectivity index (χ1v) is 12.6. The SMILES string of the molecule is CCN1C(=O)C(=Cc2cc(Br)ccc2OCc2ccc(C)cc2)SC1=Nc1cccc(C(=O)O)c1. The van der Waals surface area contributed by atoms with E-state index in [1.54, 1.807) is 23.1 Å². The van der Waals surface area contributed by atoms with Gasteiger partial charge in [0.2, 0.25) is 0 Å². The number of aliphatic imine (C=N–C) groups is 1. The van der Waals surface area contributed by atoms with E-state index in [-0.39, 0.29) is 11.5 Å². The zero-order valence-corrected chi connectivity index (χ0v) is 21.6. The largest absolute Gasteiger partial charge is 0.488 e. The molecule has 0 atom stereocenters. The summed E-state index contributed by atoms with van der Waals surface area (Å²) in [5, 5.41) is 9.75. The van der Waals surface area contributed by atoms with Crippen LogP contribution in [0, 0.1) is 6.92 Å². The molecule has 3 aromatic rings. The molecule has 4 rings (SSSR count). The molecule has 1 amide bonds. The number of carboxylic acid groups (broad SMARTS) is 1. The number of nitrogens with zero attached hydrogens (tertiary/aromatic N) is 2. The summed E-state index contributed by atoms with van der Waals surface area (Å²) in [6, 6.07) is 20.2. The second kappa shape index (κ2) is 10.9. The molecule has 1 aliphatic heterocycles. The van der Waals surface area contributed by atoms with Crippen LogP contribution in [0.25, 0.3) is 6.08 Å². The number of thioether (sulfide) groups is 1. The fourth-order valence-electron chi connectivity index (χ4n) is 3.44. The van der Waals surface area contributed by atoms with Crippen molar-refractivity contribution in [2.75, 3.05) is 6.54 Å². The summed E-state index contributed by atoms with van der Waals surface area (Å²) in [7, 11) is 0. The molecule has 0 aliphatic carbocycles. The molecule has 0 bridgehead atoms. The predicted molar refractivity (Wildman–Crippen MR) is 143 cm³/mol. The average molecular weight is 551 g/mol. The molecule has 0 saturated carbocycles. The number of amides is 1. The minimum atomic E-state index is -1.03. The zero-order valence-electron chi connectivity index (χ0n) is 19.2. The molecular weight excluding hydrogens is 528 g/mol. The average Bonchev–Trinajstić information content (AvgIpc) is 3.13. The smallest absolute Gasteiger partial charge is 0.335 e. The zero-order chi connectivity index (χ0) is 24.9. The van der Waals surface area contributed by atoms with Crippen LogP contribution in [-0.4, -0.2) is 33.6 Å². The van der Waals surface area contributed by atoms with Gasteiger partial charge in [-0.3, -0.25) is 9.69 Å². The van der Waals surface area contributed by atoms with Crippen LogP contribution < -0.4 is 4.74 Å². The molecule has 3 aromatic carbocycles. The minimum Gasteiger partial charge on any atom is -0.488 e. The Morgan fingerprint density at radius 1 is 1.14 bits per heavy atom. The van der Waals surface area contributed by atoms with Gasteiger partial charge in [-0.2, -0.15) is 0 Å². The molecule has 0 spiro atoms. The van der Waals surface area contributed by atoms with E-state index in [9.17, 15) is 14.7 Å². The number of benzene rings is 3. The van der Waals surface area contributed by atoms with Gasteiger partial charge in [0, 0.05) is 16.6 Å². The molecule has 6 nitrogen and oxygen atoms in total. The summed E-state index contributed by atoms with van der Waals surface area (Å²) in [5.74, 6) is -0.518. The van der Waals surface area contributed by atoms with Gasteiger partial charge in [-0.25, -0.2) is 9.79 Å². The topological polar surface area (TPSA) is 79.2 Å². The molecule has 1 saturated heterocycles. The van der Waals surface area contributed by atoms with Crippen LogP contribution in [0.4, 0.5) is 5.69 Å². The summed E-state index contributed by atoms with van der Waals surface area (Å²) >= 11 is 4.76. The molecule has 0 radical (unpaired) electrons. The maximum absolute atomic E-state index is 13.1. The molecular formula is C27H23BrN2O4S. The van der Waals surface area contributed by atoms with Gasteiger partial charge in [0.15, 0.2) is 5.17 Å². The third-order valence-electron chi connectivity index (χ3n) is 5.30. The summed E-state index contributed by atoms with van der Waals surface area (Å²) < 4.78 is 6.96. The Morgan fingerprint density at radius 2 is 1.91 bits per heavy atom. The van der Waals surface area contributed by atoms with Gasteiger partial charge in [0.25, 0.3) is 5.91 Å². The number of hydrogen-bond donors (Lipinski definition) is 1. The van der Waals surface area contributed by atoms with Crippen molar-refractivity contribution in [3.8, 4) is 5.75 Å². The molecule has 0 unspecified atom stereocenters. The first kappa shape index (κ1) is 24.8. The summed E-state index contributed by atoms with van der Waals surface area (Å²) in [6.45, 7) is 4.77. The Kier molecular flexibility index (Phi) is 7.73. The molecule has 35 heavy (non-hydrogen) atoms. The van der Waals surface area contributed by atoms with E-state index in [1.165, 1.54) is 29.5 Å². The van der Waals surface area contributed by atoms with Crippen molar-refractivity contribution in [1.82, 2.24) is 4.90 Å². The number of aromatic carboxylic acids is 1. The van der Waals surface area contributed by atoms with Gasteiger partial charge < -0.3 is 9.84 Å². The Labute approximate surface area is 216 Å². The molecule has 1 heterocycles. The quantitative estimate of drug-likeness (QED) is 0.333. The van der Waals surface area contributed by atoms with Crippen molar-refractivity contribution in [1.29, 1.82) is 0 Å². The van der Waals surface area contributed by atoms with Crippen LogP contribution in [0.5, 0.6) is 5.75 Å². The van der Waals surface area contributed by atoms with E-state index in [0.717, 1.165) is 15.6 Å². The van der Waals surface area contributed by atoms with Crippen molar-refractivity contribution in [2.24, 2.45) is 4.99 Å². The first-order valence-electron chi connectivity index (χ1n) is 11.0. The van der Waals surface area contributed by atoms with E-state index in [2.05, 4.69) is 20.9 Å². The fraction of sp³-hybridized carbons (Fsp3) is 0.148. The van der Waals surface area contributed by atoms with E-state index in [0.29, 0.717) is 34.7 Å². The lowest BCUT2D eigenvalue weighted by Crippen LogP contribution is -2.28. The number of ether oxygens (including phenoxy) is 1. The van der Waals surface area contributed by atoms with Crippen molar-refractivity contribution in [2.45, 2.75) is 20.5 Å². The number of carbonyl (C=O) groups excluding carboxylic acids is 1. The third-order valence-corrected chi connectivity index (χ3v) is 6.80. The number of amidine groups is 1. The number of halogens is 1. The lowest BCUT2D eigenvalue weighted by Gasteiger charge is -2.12. The molecule has 1 fully saturated rings. The van der Waals surface area contributed by atoms with Gasteiger partial charge in [-0.05, 0) is 73.6 Å². The lowest BCUT2D eigenvalue weighted by molar-refractivity contribution is -0.122. The van der Waals surface area contributed by atoms with Gasteiger partial charge in [0.05, 0.1) is 16.2 Å². The van der Waals surface area contributed by atoms with Gasteiger partial charge >= 0.3 is 5.97 Å². The number of carboxylic acids is 1. The van der Waals surface area contributed by atoms with Crippen molar-refractivity contribution in [3.05, 3.63) is 98.4 Å². The molecule has 1 aliphatic rings. The van der Waals surface area contributed by atoms with Gasteiger partial charge in [-0.1, -0.05) is 51.8 Å². The monoisotopic (exact) mass is 550 g/mol. The van der Waals surface area contributed by atoms with Crippen molar-refractivity contribution >= 4 is 56.5 Å². The maximum atomic E-state index is 13.1.